The lowest BCUT2D eigenvalue weighted by Gasteiger charge is -2.26. The molecule has 0 radical (unpaired) electrons. The van der Waals surface area contributed by atoms with Gasteiger partial charge in [0.15, 0.2) is 0 Å². The van der Waals surface area contributed by atoms with E-state index in [1.807, 2.05) is 27.9 Å². The average Bonchev–Trinajstić information content (AvgIpc) is 2.37. The summed E-state index contributed by atoms with van der Waals surface area (Å²) in [5.74, 6) is -0.111. The number of amides is 2. The van der Waals surface area contributed by atoms with E-state index >= 15 is 0 Å². The fourth-order valence-electron chi connectivity index (χ4n) is 1.85. The van der Waals surface area contributed by atoms with Gasteiger partial charge in [0.2, 0.25) is 5.91 Å². The third-order valence-corrected chi connectivity index (χ3v) is 3.25. The Labute approximate surface area is 135 Å². The third kappa shape index (κ3) is 9.60. The van der Waals surface area contributed by atoms with Crippen molar-refractivity contribution in [1.82, 2.24) is 15.5 Å². The van der Waals surface area contributed by atoms with Crippen LogP contribution in [0, 0.1) is 5.92 Å². The largest absolute Gasteiger partial charge is 0.444 e. The number of alkyl carbamates (subject to hydrolysis) is 1. The zero-order valence-corrected chi connectivity index (χ0v) is 15.2. The first kappa shape index (κ1) is 20.7. The van der Waals surface area contributed by atoms with Crippen molar-refractivity contribution in [3.8, 4) is 0 Å². The van der Waals surface area contributed by atoms with E-state index in [4.69, 9.17) is 4.74 Å². The van der Waals surface area contributed by atoms with Gasteiger partial charge in [0.1, 0.15) is 11.6 Å². The second-order valence-corrected chi connectivity index (χ2v) is 6.96. The lowest BCUT2D eigenvalue weighted by atomic mass is 9.98. The molecular weight excluding hydrogens is 282 g/mol. The topological polar surface area (TPSA) is 70.7 Å². The lowest BCUT2D eigenvalue weighted by molar-refractivity contribution is -0.124. The Balaban J connectivity index is 4.50. The van der Waals surface area contributed by atoms with Crippen LogP contribution in [0.4, 0.5) is 4.79 Å². The van der Waals surface area contributed by atoms with Crippen molar-refractivity contribution in [2.45, 2.75) is 59.1 Å². The number of hydrogen-bond acceptors (Lipinski definition) is 4. The maximum Gasteiger partial charge on any atom is 0.408 e. The molecule has 0 rings (SSSR count). The smallest absolute Gasteiger partial charge is 0.408 e. The van der Waals surface area contributed by atoms with Crippen LogP contribution in [0.5, 0.6) is 0 Å². The van der Waals surface area contributed by atoms with Crippen molar-refractivity contribution in [3.05, 3.63) is 0 Å². The van der Waals surface area contributed by atoms with Gasteiger partial charge in [0.05, 0.1) is 0 Å². The molecule has 0 aliphatic rings. The summed E-state index contributed by atoms with van der Waals surface area (Å²) in [6.07, 6.45) is 1.12. The zero-order chi connectivity index (χ0) is 17.3. The molecule has 0 aliphatic carbocycles. The monoisotopic (exact) mass is 315 g/mol. The predicted octanol–water partition coefficient (Wildman–Crippen LogP) is 1.99. The Bertz CT molecular complexity index is 351. The van der Waals surface area contributed by atoms with Crippen molar-refractivity contribution in [2.75, 3.05) is 27.2 Å². The highest BCUT2D eigenvalue weighted by Crippen LogP contribution is 2.11. The van der Waals surface area contributed by atoms with Crippen LogP contribution >= 0.6 is 0 Å². The number of nitrogens with one attached hydrogen (secondary N) is 2. The van der Waals surface area contributed by atoms with Crippen LogP contribution in [0.3, 0.4) is 0 Å². The van der Waals surface area contributed by atoms with Gasteiger partial charge in [-0.1, -0.05) is 20.3 Å². The molecule has 0 aromatic heterocycles. The number of ether oxygens (including phenoxy) is 1. The van der Waals surface area contributed by atoms with Crippen LogP contribution in [0.1, 0.15) is 47.5 Å². The summed E-state index contributed by atoms with van der Waals surface area (Å²) in [6.45, 7) is 10.8. The van der Waals surface area contributed by atoms with Crippen molar-refractivity contribution < 1.29 is 14.3 Å². The highest BCUT2D eigenvalue weighted by atomic mass is 16.6. The SMILES string of the molecule is CCC(C)C(NC(=O)OC(C)(C)C)C(=O)NCCCN(C)C. The molecule has 0 saturated heterocycles. The zero-order valence-electron chi connectivity index (χ0n) is 15.2. The molecule has 0 heterocycles. The van der Waals surface area contributed by atoms with Gasteiger partial charge in [0, 0.05) is 6.54 Å². The molecule has 0 spiro atoms. The van der Waals surface area contributed by atoms with Crippen LogP contribution in [0.2, 0.25) is 0 Å². The van der Waals surface area contributed by atoms with Gasteiger partial charge >= 0.3 is 6.09 Å². The third-order valence-electron chi connectivity index (χ3n) is 3.25. The summed E-state index contributed by atoms with van der Waals surface area (Å²) >= 11 is 0. The van der Waals surface area contributed by atoms with E-state index in [1.165, 1.54) is 0 Å². The molecule has 0 aliphatic heterocycles. The predicted molar refractivity (Wildman–Crippen MR) is 88.8 cm³/mol. The van der Waals surface area contributed by atoms with Gasteiger partial charge in [-0.15, -0.1) is 0 Å². The van der Waals surface area contributed by atoms with Crippen LogP contribution in [-0.4, -0.2) is 55.7 Å². The van der Waals surface area contributed by atoms with E-state index in [2.05, 4.69) is 15.5 Å². The van der Waals surface area contributed by atoms with E-state index in [-0.39, 0.29) is 11.8 Å². The van der Waals surface area contributed by atoms with Crippen molar-refractivity contribution in [1.29, 1.82) is 0 Å². The fourth-order valence-corrected chi connectivity index (χ4v) is 1.85. The van der Waals surface area contributed by atoms with Gasteiger partial charge in [-0.2, -0.15) is 0 Å². The van der Waals surface area contributed by atoms with Gasteiger partial charge in [-0.05, 0) is 53.8 Å². The Morgan fingerprint density at radius 2 is 1.82 bits per heavy atom. The first-order chi connectivity index (χ1) is 10.1. The standard InChI is InChI=1S/C16H33N3O3/c1-8-12(2)13(18-15(21)22-16(3,4)5)14(20)17-10-9-11-19(6)7/h12-13H,8-11H2,1-7H3,(H,17,20)(H,18,21). The molecule has 2 unspecified atom stereocenters. The van der Waals surface area contributed by atoms with Gasteiger partial charge in [-0.25, -0.2) is 4.79 Å². The first-order valence-electron chi connectivity index (χ1n) is 7.98. The molecule has 0 saturated carbocycles. The van der Waals surface area contributed by atoms with Crippen molar-refractivity contribution >= 4 is 12.0 Å². The normalized spacial score (nSPS) is 14.4. The summed E-state index contributed by atoms with van der Waals surface area (Å²) in [5.41, 5.74) is -0.577. The van der Waals surface area contributed by atoms with E-state index < -0.39 is 17.7 Å². The Morgan fingerprint density at radius 1 is 1.23 bits per heavy atom. The second kappa shape index (κ2) is 9.66. The van der Waals surface area contributed by atoms with Crippen molar-refractivity contribution in [3.63, 3.8) is 0 Å². The molecule has 0 aromatic carbocycles. The molecule has 2 atom stereocenters. The second-order valence-electron chi connectivity index (χ2n) is 6.96. The summed E-state index contributed by atoms with van der Waals surface area (Å²) in [6, 6.07) is -0.570. The van der Waals surface area contributed by atoms with Gasteiger partial charge < -0.3 is 20.3 Å². The summed E-state index contributed by atoms with van der Waals surface area (Å²) in [7, 11) is 3.99. The van der Waals surface area contributed by atoms with E-state index in [9.17, 15) is 9.59 Å². The first-order valence-corrected chi connectivity index (χ1v) is 7.98. The molecule has 0 fully saturated rings. The molecule has 2 amide bonds. The number of hydrogen-bond donors (Lipinski definition) is 2. The maximum absolute atomic E-state index is 12.3. The summed E-state index contributed by atoms with van der Waals surface area (Å²) in [5, 5.41) is 5.58. The van der Waals surface area contributed by atoms with E-state index in [0.717, 1.165) is 19.4 Å². The Kier molecular flexibility index (Phi) is 9.09. The van der Waals surface area contributed by atoms with Gasteiger partial charge in [-0.3, -0.25) is 4.79 Å². The number of carbonyl (C=O) groups excluding carboxylic acids is 2. The molecule has 6 nitrogen and oxygen atoms in total. The molecule has 2 N–H and O–H groups in total. The minimum Gasteiger partial charge on any atom is -0.444 e. The summed E-state index contributed by atoms with van der Waals surface area (Å²) in [4.78, 5) is 26.3. The van der Waals surface area contributed by atoms with E-state index in [0.29, 0.717) is 6.54 Å². The highest BCUT2D eigenvalue weighted by molar-refractivity contribution is 5.85. The average molecular weight is 315 g/mol. The maximum atomic E-state index is 12.3. The minimum absolute atomic E-state index is 0.0429. The Morgan fingerprint density at radius 3 is 2.27 bits per heavy atom. The molecule has 0 bridgehead atoms. The van der Waals surface area contributed by atoms with Crippen LogP contribution in [-0.2, 0) is 9.53 Å². The molecular formula is C16H33N3O3. The van der Waals surface area contributed by atoms with E-state index in [1.54, 1.807) is 20.8 Å². The fraction of sp³-hybridized carbons (Fsp3) is 0.875. The lowest BCUT2D eigenvalue weighted by Crippen LogP contribution is -2.51. The molecule has 130 valence electrons. The molecule has 22 heavy (non-hydrogen) atoms. The summed E-state index contributed by atoms with van der Waals surface area (Å²) < 4.78 is 5.23. The number of rotatable bonds is 8. The quantitative estimate of drug-likeness (QED) is 0.672. The molecule has 0 aromatic rings. The highest BCUT2D eigenvalue weighted by Gasteiger charge is 2.27. The van der Waals surface area contributed by atoms with Gasteiger partial charge in [0.25, 0.3) is 0 Å². The van der Waals surface area contributed by atoms with Crippen LogP contribution in [0.25, 0.3) is 0 Å². The minimum atomic E-state index is -0.577. The van der Waals surface area contributed by atoms with Crippen LogP contribution in [0.15, 0.2) is 0 Å². The number of carbonyl (C=O) groups is 2. The Hall–Kier alpha value is -1.30. The van der Waals surface area contributed by atoms with Crippen molar-refractivity contribution in [2.24, 2.45) is 5.92 Å². The van der Waals surface area contributed by atoms with Crippen LogP contribution < -0.4 is 10.6 Å². The number of nitrogens with zero attached hydrogens (tertiary/aromatic N) is 1. The molecule has 6 heteroatoms.